The third-order valence-electron chi connectivity index (χ3n) is 4.47. The smallest absolute Gasteiger partial charge is 0.233 e. The number of rotatable bonds is 7. The van der Waals surface area contributed by atoms with Crippen molar-refractivity contribution in [2.45, 2.75) is 19.9 Å². The van der Waals surface area contributed by atoms with Crippen LogP contribution in [-0.4, -0.2) is 50.2 Å². The lowest BCUT2D eigenvalue weighted by Gasteiger charge is -2.36. The summed E-state index contributed by atoms with van der Waals surface area (Å²) < 4.78 is 26.1. The van der Waals surface area contributed by atoms with Crippen LogP contribution in [0, 0.1) is 0 Å². The van der Waals surface area contributed by atoms with Gasteiger partial charge in [-0.05, 0) is 24.1 Å². The van der Waals surface area contributed by atoms with Crippen molar-refractivity contribution in [3.05, 3.63) is 54.2 Å². The molecular formula is C19H26N4O2S. The normalized spacial score (nSPS) is 15.8. The van der Waals surface area contributed by atoms with Gasteiger partial charge in [-0.2, -0.15) is 0 Å². The molecule has 0 atom stereocenters. The highest BCUT2D eigenvalue weighted by atomic mass is 32.2. The van der Waals surface area contributed by atoms with Gasteiger partial charge in [0, 0.05) is 32.7 Å². The van der Waals surface area contributed by atoms with Gasteiger partial charge >= 0.3 is 0 Å². The van der Waals surface area contributed by atoms with Gasteiger partial charge in [-0.25, -0.2) is 13.4 Å². The van der Waals surface area contributed by atoms with Gasteiger partial charge in [0.25, 0.3) is 0 Å². The molecule has 0 bridgehead atoms. The highest BCUT2D eigenvalue weighted by Crippen LogP contribution is 2.18. The molecule has 1 aromatic heterocycles. The van der Waals surface area contributed by atoms with Gasteiger partial charge in [0.15, 0.2) is 0 Å². The van der Waals surface area contributed by atoms with E-state index < -0.39 is 10.0 Å². The van der Waals surface area contributed by atoms with Crippen LogP contribution < -0.4 is 9.62 Å². The van der Waals surface area contributed by atoms with Crippen LogP contribution in [0.3, 0.4) is 0 Å². The summed E-state index contributed by atoms with van der Waals surface area (Å²) in [6, 6.07) is 14.2. The van der Waals surface area contributed by atoms with Crippen LogP contribution in [0.25, 0.3) is 0 Å². The third kappa shape index (κ3) is 5.19. The SMILES string of the molecule is CCCS(=O)(=O)Nc1ccc(N2CCN(Cc3ccccc3)CC2)cn1. The summed E-state index contributed by atoms with van der Waals surface area (Å²) in [6.45, 7) is 6.70. The Morgan fingerprint density at radius 3 is 2.38 bits per heavy atom. The number of sulfonamides is 1. The number of aromatic nitrogens is 1. The van der Waals surface area contributed by atoms with Crippen LogP contribution in [0.4, 0.5) is 11.5 Å². The number of nitrogens with zero attached hydrogens (tertiary/aromatic N) is 3. The fraction of sp³-hybridized carbons (Fsp3) is 0.421. The minimum atomic E-state index is -3.29. The lowest BCUT2D eigenvalue weighted by atomic mass is 10.2. The summed E-state index contributed by atoms with van der Waals surface area (Å²) in [7, 11) is -3.29. The van der Waals surface area contributed by atoms with E-state index in [0.29, 0.717) is 12.2 Å². The van der Waals surface area contributed by atoms with Gasteiger partial charge < -0.3 is 4.90 Å². The summed E-state index contributed by atoms with van der Waals surface area (Å²) in [5.41, 5.74) is 2.37. The van der Waals surface area contributed by atoms with Gasteiger partial charge in [0.2, 0.25) is 10.0 Å². The monoisotopic (exact) mass is 374 g/mol. The van der Waals surface area contributed by atoms with Crippen molar-refractivity contribution in [3.8, 4) is 0 Å². The Labute approximate surface area is 155 Å². The van der Waals surface area contributed by atoms with Gasteiger partial charge in [-0.15, -0.1) is 0 Å². The number of hydrogen-bond acceptors (Lipinski definition) is 5. The molecule has 140 valence electrons. The lowest BCUT2D eigenvalue weighted by Crippen LogP contribution is -2.46. The van der Waals surface area contributed by atoms with Crippen molar-refractivity contribution in [3.63, 3.8) is 0 Å². The molecule has 0 radical (unpaired) electrons. The predicted octanol–water partition coefficient (Wildman–Crippen LogP) is 2.56. The average Bonchev–Trinajstić information content (AvgIpc) is 2.63. The molecule has 0 unspecified atom stereocenters. The predicted molar refractivity (Wildman–Crippen MR) is 106 cm³/mol. The van der Waals surface area contributed by atoms with E-state index in [1.54, 1.807) is 12.3 Å². The van der Waals surface area contributed by atoms with Crippen molar-refractivity contribution < 1.29 is 8.42 Å². The Morgan fingerprint density at radius 2 is 1.77 bits per heavy atom. The fourth-order valence-electron chi connectivity index (χ4n) is 3.12. The lowest BCUT2D eigenvalue weighted by molar-refractivity contribution is 0.250. The highest BCUT2D eigenvalue weighted by molar-refractivity contribution is 7.92. The van der Waals surface area contributed by atoms with Gasteiger partial charge in [-0.1, -0.05) is 37.3 Å². The van der Waals surface area contributed by atoms with Crippen molar-refractivity contribution in [1.29, 1.82) is 0 Å². The number of benzene rings is 1. The summed E-state index contributed by atoms with van der Waals surface area (Å²) in [5.74, 6) is 0.490. The molecule has 3 rings (SSSR count). The first-order valence-corrected chi connectivity index (χ1v) is 10.7. The second kappa shape index (κ2) is 8.51. The molecule has 1 aromatic carbocycles. The fourth-order valence-corrected chi connectivity index (χ4v) is 4.20. The number of nitrogens with one attached hydrogen (secondary N) is 1. The van der Waals surface area contributed by atoms with Crippen molar-refractivity contribution in [2.24, 2.45) is 0 Å². The molecule has 1 fully saturated rings. The molecular weight excluding hydrogens is 348 g/mol. The van der Waals surface area contributed by atoms with Crippen LogP contribution in [0.15, 0.2) is 48.7 Å². The minimum Gasteiger partial charge on any atom is -0.368 e. The Hall–Kier alpha value is -2.12. The minimum absolute atomic E-state index is 0.111. The Balaban J connectivity index is 1.53. The number of anilines is 2. The van der Waals surface area contributed by atoms with E-state index in [0.717, 1.165) is 38.4 Å². The topological polar surface area (TPSA) is 65.5 Å². The molecule has 0 saturated carbocycles. The summed E-state index contributed by atoms with van der Waals surface area (Å²) >= 11 is 0. The van der Waals surface area contributed by atoms with Gasteiger partial charge in [0.1, 0.15) is 5.82 Å². The molecule has 1 saturated heterocycles. The first-order chi connectivity index (χ1) is 12.6. The van der Waals surface area contributed by atoms with Crippen molar-refractivity contribution in [2.75, 3.05) is 41.6 Å². The van der Waals surface area contributed by atoms with Crippen molar-refractivity contribution >= 4 is 21.5 Å². The number of piperazine rings is 1. The standard InChI is InChI=1S/C19H26N4O2S/c1-2-14-26(24,25)21-19-9-8-18(15-20-19)23-12-10-22(11-13-23)16-17-6-4-3-5-7-17/h3-9,15H,2,10-14,16H2,1H3,(H,20,21). The maximum absolute atomic E-state index is 11.8. The van der Waals surface area contributed by atoms with Crippen LogP contribution in [0.5, 0.6) is 0 Å². The first-order valence-electron chi connectivity index (χ1n) is 9.03. The third-order valence-corrected chi connectivity index (χ3v) is 5.93. The zero-order valence-electron chi connectivity index (χ0n) is 15.1. The summed E-state index contributed by atoms with van der Waals surface area (Å²) in [6.07, 6.45) is 2.33. The maximum Gasteiger partial charge on any atom is 0.233 e. The van der Waals surface area contributed by atoms with Gasteiger partial charge in [0.05, 0.1) is 17.6 Å². The van der Waals surface area contributed by atoms with E-state index in [4.69, 9.17) is 0 Å². The van der Waals surface area contributed by atoms with Crippen molar-refractivity contribution in [1.82, 2.24) is 9.88 Å². The molecule has 26 heavy (non-hydrogen) atoms. The summed E-state index contributed by atoms with van der Waals surface area (Å²) in [4.78, 5) is 9.00. The Morgan fingerprint density at radius 1 is 1.04 bits per heavy atom. The molecule has 1 aliphatic rings. The van der Waals surface area contributed by atoms with E-state index in [-0.39, 0.29) is 5.75 Å². The van der Waals surface area contributed by atoms with E-state index in [1.807, 2.05) is 19.1 Å². The van der Waals surface area contributed by atoms with E-state index in [9.17, 15) is 8.42 Å². The van der Waals surface area contributed by atoms with E-state index >= 15 is 0 Å². The zero-order valence-corrected chi connectivity index (χ0v) is 16.0. The van der Waals surface area contributed by atoms with Crippen LogP contribution in [-0.2, 0) is 16.6 Å². The molecule has 2 aromatic rings. The number of pyridine rings is 1. The highest BCUT2D eigenvalue weighted by Gasteiger charge is 2.18. The van der Waals surface area contributed by atoms with Crippen LogP contribution >= 0.6 is 0 Å². The number of hydrogen-bond donors (Lipinski definition) is 1. The van der Waals surface area contributed by atoms with Gasteiger partial charge in [-0.3, -0.25) is 9.62 Å². The molecule has 0 aliphatic carbocycles. The maximum atomic E-state index is 11.8. The average molecular weight is 375 g/mol. The molecule has 0 spiro atoms. The molecule has 1 N–H and O–H groups in total. The molecule has 0 amide bonds. The quantitative estimate of drug-likeness (QED) is 0.807. The van der Waals surface area contributed by atoms with Crippen LogP contribution in [0.2, 0.25) is 0 Å². The Kier molecular flexibility index (Phi) is 6.11. The summed E-state index contributed by atoms with van der Waals surface area (Å²) in [5, 5.41) is 0. The molecule has 1 aliphatic heterocycles. The zero-order chi connectivity index (χ0) is 18.4. The molecule has 2 heterocycles. The van der Waals surface area contributed by atoms with E-state index in [1.165, 1.54) is 5.56 Å². The molecule has 6 nitrogen and oxygen atoms in total. The largest absolute Gasteiger partial charge is 0.368 e. The second-order valence-electron chi connectivity index (χ2n) is 6.57. The van der Waals surface area contributed by atoms with E-state index in [2.05, 4.69) is 43.8 Å². The molecule has 7 heteroatoms. The van der Waals surface area contributed by atoms with Crippen LogP contribution in [0.1, 0.15) is 18.9 Å². The Bertz CT molecular complexity index is 786. The second-order valence-corrected chi connectivity index (χ2v) is 8.41. The first kappa shape index (κ1) is 18.7.